The molecule has 0 aliphatic carbocycles. The summed E-state index contributed by atoms with van der Waals surface area (Å²) in [4.78, 5) is 0. The third-order valence-corrected chi connectivity index (χ3v) is 1.30. The van der Waals surface area contributed by atoms with Gasteiger partial charge in [-0.05, 0) is 20.8 Å². The summed E-state index contributed by atoms with van der Waals surface area (Å²) < 4.78 is 5.19. The fraction of sp³-hybridized carbons (Fsp3) is 1.00. The van der Waals surface area contributed by atoms with Crippen LogP contribution in [0.3, 0.4) is 0 Å². The highest BCUT2D eigenvalue weighted by atomic mass is 16.5. The molecule has 62 valence electrons. The van der Waals surface area contributed by atoms with E-state index in [0.717, 1.165) is 0 Å². The molecular formula is C7H17NO2. The first-order chi connectivity index (χ1) is 4.54. The van der Waals surface area contributed by atoms with Crippen LogP contribution in [-0.4, -0.2) is 30.0 Å². The summed E-state index contributed by atoms with van der Waals surface area (Å²) in [5.74, 6) is 0. The van der Waals surface area contributed by atoms with E-state index < -0.39 is 6.10 Å². The molecule has 0 aromatic heterocycles. The summed E-state index contributed by atoms with van der Waals surface area (Å²) in [5, 5.41) is 8.97. The van der Waals surface area contributed by atoms with Gasteiger partial charge in [0.25, 0.3) is 0 Å². The van der Waals surface area contributed by atoms with Crippen LogP contribution in [0.1, 0.15) is 20.8 Å². The quantitative estimate of drug-likeness (QED) is 0.594. The highest BCUT2D eigenvalue weighted by Gasteiger charge is 2.08. The third-order valence-electron chi connectivity index (χ3n) is 1.30. The topological polar surface area (TPSA) is 55.5 Å². The first kappa shape index (κ1) is 9.88. The van der Waals surface area contributed by atoms with Crippen molar-refractivity contribution in [3.05, 3.63) is 0 Å². The lowest BCUT2D eigenvalue weighted by molar-refractivity contribution is -0.0215. The summed E-state index contributed by atoms with van der Waals surface area (Å²) in [6.07, 6.45) is -0.537. The average Bonchev–Trinajstić information content (AvgIpc) is 1.82. The predicted octanol–water partition coefficient (Wildman–Crippen LogP) is 0.120. The van der Waals surface area contributed by atoms with Crippen LogP contribution in [-0.2, 0) is 4.74 Å². The molecule has 0 unspecified atom stereocenters. The molecule has 3 nitrogen and oxygen atoms in total. The maximum absolute atomic E-state index is 8.97. The average molecular weight is 147 g/mol. The van der Waals surface area contributed by atoms with Crippen LogP contribution in [0.25, 0.3) is 0 Å². The van der Waals surface area contributed by atoms with Gasteiger partial charge in [0, 0.05) is 6.04 Å². The molecule has 0 amide bonds. The number of rotatable bonds is 4. The molecule has 0 bridgehead atoms. The largest absolute Gasteiger partial charge is 0.391 e. The maximum atomic E-state index is 8.97. The van der Waals surface area contributed by atoms with Crippen molar-refractivity contribution < 1.29 is 9.84 Å². The standard InChI is InChI=1S/C7H17NO2/c1-5(8)4-10-7(3)6(2)9/h5-7,9H,4,8H2,1-3H3/t5-,6-,7+/m1/s1. The van der Waals surface area contributed by atoms with Crippen LogP contribution in [0.4, 0.5) is 0 Å². The Morgan fingerprint density at radius 3 is 2.20 bits per heavy atom. The minimum absolute atomic E-state index is 0.0428. The number of aliphatic hydroxyl groups excluding tert-OH is 1. The monoisotopic (exact) mass is 147 g/mol. The second kappa shape index (κ2) is 4.66. The molecule has 3 atom stereocenters. The van der Waals surface area contributed by atoms with Crippen molar-refractivity contribution in [1.29, 1.82) is 0 Å². The van der Waals surface area contributed by atoms with Crippen molar-refractivity contribution in [2.75, 3.05) is 6.61 Å². The SMILES string of the molecule is C[C@H](OC[C@@H](C)N)[C@@H](C)O. The minimum atomic E-state index is -0.418. The molecule has 3 heteroatoms. The van der Waals surface area contributed by atoms with E-state index in [1.807, 2.05) is 13.8 Å². The number of aliphatic hydroxyl groups is 1. The van der Waals surface area contributed by atoms with Gasteiger partial charge in [0.2, 0.25) is 0 Å². The van der Waals surface area contributed by atoms with E-state index in [-0.39, 0.29) is 12.1 Å². The zero-order valence-electron chi connectivity index (χ0n) is 6.87. The predicted molar refractivity (Wildman–Crippen MR) is 40.7 cm³/mol. The summed E-state index contributed by atoms with van der Waals surface area (Å²) >= 11 is 0. The number of hydrogen-bond acceptors (Lipinski definition) is 3. The van der Waals surface area contributed by atoms with Crippen molar-refractivity contribution >= 4 is 0 Å². The van der Waals surface area contributed by atoms with Gasteiger partial charge in [-0.15, -0.1) is 0 Å². The molecule has 0 aliphatic heterocycles. The minimum Gasteiger partial charge on any atom is -0.391 e. The lowest BCUT2D eigenvalue weighted by Gasteiger charge is -2.16. The molecule has 0 heterocycles. The number of hydrogen-bond donors (Lipinski definition) is 2. The van der Waals surface area contributed by atoms with Crippen LogP contribution < -0.4 is 5.73 Å². The number of nitrogens with two attached hydrogens (primary N) is 1. The van der Waals surface area contributed by atoms with Gasteiger partial charge in [0.1, 0.15) is 0 Å². The molecule has 0 saturated heterocycles. The van der Waals surface area contributed by atoms with E-state index in [1.54, 1.807) is 6.92 Å². The smallest absolute Gasteiger partial charge is 0.0803 e. The molecule has 3 N–H and O–H groups in total. The van der Waals surface area contributed by atoms with E-state index >= 15 is 0 Å². The van der Waals surface area contributed by atoms with Gasteiger partial charge >= 0.3 is 0 Å². The Balaban J connectivity index is 3.30. The highest BCUT2D eigenvalue weighted by Crippen LogP contribution is 1.97. The summed E-state index contributed by atoms with van der Waals surface area (Å²) in [6.45, 7) is 5.90. The summed E-state index contributed by atoms with van der Waals surface area (Å²) in [5.41, 5.74) is 5.43. The van der Waals surface area contributed by atoms with Crippen molar-refractivity contribution in [2.45, 2.75) is 39.0 Å². The number of ether oxygens (including phenoxy) is 1. The van der Waals surface area contributed by atoms with Gasteiger partial charge < -0.3 is 15.6 Å². The second-order valence-corrected chi connectivity index (χ2v) is 2.76. The normalized spacial score (nSPS) is 20.1. The lowest BCUT2D eigenvalue weighted by Crippen LogP contribution is -2.29. The Bertz CT molecular complexity index is 83.7. The highest BCUT2D eigenvalue weighted by molar-refractivity contribution is 4.59. The Hall–Kier alpha value is -0.120. The van der Waals surface area contributed by atoms with Crippen LogP contribution in [0, 0.1) is 0 Å². The van der Waals surface area contributed by atoms with E-state index in [2.05, 4.69) is 0 Å². The zero-order chi connectivity index (χ0) is 8.15. The third kappa shape index (κ3) is 4.73. The van der Waals surface area contributed by atoms with Gasteiger partial charge in [-0.3, -0.25) is 0 Å². The van der Waals surface area contributed by atoms with Crippen molar-refractivity contribution in [3.8, 4) is 0 Å². The van der Waals surface area contributed by atoms with E-state index in [4.69, 9.17) is 15.6 Å². The summed E-state index contributed by atoms with van der Waals surface area (Å²) in [6, 6.07) is 0.0428. The Labute approximate surface area is 62.2 Å². The molecule has 0 aromatic rings. The lowest BCUT2D eigenvalue weighted by atomic mass is 10.2. The Morgan fingerprint density at radius 2 is 1.90 bits per heavy atom. The first-order valence-corrected chi connectivity index (χ1v) is 3.59. The first-order valence-electron chi connectivity index (χ1n) is 3.59. The molecule has 0 aliphatic rings. The van der Waals surface area contributed by atoms with Gasteiger partial charge in [0.15, 0.2) is 0 Å². The second-order valence-electron chi connectivity index (χ2n) is 2.76. The Kier molecular flexibility index (Phi) is 4.60. The van der Waals surface area contributed by atoms with E-state index in [9.17, 15) is 0 Å². The van der Waals surface area contributed by atoms with Gasteiger partial charge in [-0.1, -0.05) is 0 Å². The molecule has 0 aromatic carbocycles. The molecule has 0 rings (SSSR count). The van der Waals surface area contributed by atoms with E-state index in [1.165, 1.54) is 0 Å². The molecule has 0 radical (unpaired) electrons. The molecule has 10 heavy (non-hydrogen) atoms. The Morgan fingerprint density at radius 1 is 1.40 bits per heavy atom. The van der Waals surface area contributed by atoms with Crippen LogP contribution >= 0.6 is 0 Å². The summed E-state index contributed by atoms with van der Waals surface area (Å²) in [7, 11) is 0. The van der Waals surface area contributed by atoms with Gasteiger partial charge in [-0.2, -0.15) is 0 Å². The zero-order valence-corrected chi connectivity index (χ0v) is 6.87. The molecule has 0 saturated carbocycles. The molecule has 0 spiro atoms. The van der Waals surface area contributed by atoms with E-state index in [0.29, 0.717) is 6.61 Å². The maximum Gasteiger partial charge on any atom is 0.0803 e. The van der Waals surface area contributed by atoms with Crippen molar-refractivity contribution in [3.63, 3.8) is 0 Å². The van der Waals surface area contributed by atoms with Crippen molar-refractivity contribution in [2.24, 2.45) is 5.73 Å². The molecule has 0 fully saturated rings. The van der Waals surface area contributed by atoms with Gasteiger partial charge in [0.05, 0.1) is 18.8 Å². The fourth-order valence-electron chi connectivity index (χ4n) is 0.443. The van der Waals surface area contributed by atoms with Crippen molar-refractivity contribution in [1.82, 2.24) is 0 Å². The molecular weight excluding hydrogens is 130 g/mol. The fourth-order valence-corrected chi connectivity index (χ4v) is 0.443. The van der Waals surface area contributed by atoms with Crippen LogP contribution in [0.2, 0.25) is 0 Å². The van der Waals surface area contributed by atoms with Crippen LogP contribution in [0.15, 0.2) is 0 Å². The van der Waals surface area contributed by atoms with Crippen LogP contribution in [0.5, 0.6) is 0 Å². The van der Waals surface area contributed by atoms with Gasteiger partial charge in [-0.25, -0.2) is 0 Å².